The first-order valence-corrected chi connectivity index (χ1v) is 5.10. The van der Waals surface area contributed by atoms with Crippen LogP contribution in [0.4, 0.5) is 0 Å². The number of rotatable bonds is 3. The van der Waals surface area contributed by atoms with Crippen molar-refractivity contribution in [3.8, 4) is 0 Å². The molecule has 0 radical (unpaired) electrons. The van der Waals surface area contributed by atoms with E-state index in [4.69, 9.17) is 25.5 Å². The third-order valence-electron chi connectivity index (χ3n) is 0.690. The average Bonchev–Trinajstić information content (AvgIpc) is 2.19. The van der Waals surface area contributed by atoms with E-state index in [2.05, 4.69) is 37.0 Å². The maximum atomic E-state index is 9.12. The molecule has 0 aliphatic carbocycles. The van der Waals surface area contributed by atoms with Crippen LogP contribution in [0.15, 0.2) is 0 Å². The van der Waals surface area contributed by atoms with Gasteiger partial charge >= 0.3 is 21.1 Å². The molecule has 0 bridgehead atoms. The Morgan fingerprint density at radius 2 is 1.25 bits per heavy atom. The van der Waals surface area contributed by atoms with Crippen LogP contribution in [0.1, 0.15) is 13.8 Å². The van der Waals surface area contributed by atoms with Gasteiger partial charge in [-0.3, -0.25) is 0 Å². The predicted molar refractivity (Wildman–Crippen MR) is 55.3 cm³/mol. The Kier molecular flexibility index (Phi) is 32.3. The number of carboxylic acids is 2. The zero-order valence-corrected chi connectivity index (χ0v) is 12.8. The third kappa shape index (κ3) is 64.6. The first-order chi connectivity index (χ1) is 6.81. The van der Waals surface area contributed by atoms with Gasteiger partial charge < -0.3 is 25.5 Å². The molecule has 16 heavy (non-hydrogen) atoms. The molecule has 2 N–H and O–H groups in total. The van der Waals surface area contributed by atoms with Gasteiger partial charge in [0.25, 0.3) is 0 Å². The molecule has 0 aliphatic rings. The van der Waals surface area contributed by atoms with Crippen LogP contribution >= 0.6 is 23.2 Å². The van der Waals surface area contributed by atoms with Crippen LogP contribution in [0.25, 0.3) is 0 Å². The first-order valence-electron chi connectivity index (χ1n) is 4.03. The number of carbonyl (C=O) groups is 2. The summed E-state index contributed by atoms with van der Waals surface area (Å²) in [5.41, 5.74) is 5.17. The van der Waals surface area contributed by atoms with Crippen LogP contribution in [0.5, 0.6) is 0 Å². The Morgan fingerprint density at radius 1 is 1.12 bits per heavy atom. The molecule has 0 amide bonds. The van der Waals surface area contributed by atoms with E-state index in [0.717, 1.165) is 6.54 Å². The molecule has 0 aromatic rings. The summed E-state index contributed by atoms with van der Waals surface area (Å²) >= 11 is 9.35. The van der Waals surface area contributed by atoms with E-state index in [-0.39, 0.29) is 21.1 Å². The summed E-state index contributed by atoms with van der Waals surface area (Å²) < 4.78 is 0. The second-order valence-corrected chi connectivity index (χ2v) is 3.18. The largest absolute Gasteiger partial charge is 2.00 e. The summed E-state index contributed by atoms with van der Waals surface area (Å²) in [6.45, 7) is 5.00. The van der Waals surface area contributed by atoms with Crippen molar-refractivity contribution in [2.24, 2.45) is 11.7 Å². The summed E-state index contributed by atoms with van der Waals surface area (Å²) in [7, 11) is 0. The first kappa shape index (κ1) is 25.1. The number of carboxylic acid groups (broad SMARTS) is 2. The van der Waals surface area contributed by atoms with Crippen molar-refractivity contribution in [1.29, 1.82) is 0 Å². The molecule has 0 unspecified atom stereocenters. The van der Waals surface area contributed by atoms with E-state index < -0.39 is 23.7 Å². The summed E-state index contributed by atoms with van der Waals surface area (Å²) in [5.74, 6) is -2.63. The van der Waals surface area contributed by atoms with Gasteiger partial charge in [-0.2, -0.15) is 0 Å². The van der Waals surface area contributed by atoms with Crippen LogP contribution in [0.2, 0.25) is 0 Å². The quantitative estimate of drug-likeness (QED) is 0.525. The van der Waals surface area contributed by atoms with Crippen LogP contribution in [-0.2, 0) is 30.7 Å². The van der Waals surface area contributed by atoms with Gasteiger partial charge in [-0.15, -0.1) is 23.2 Å². The molecular formula is C8H15Cl2NO4Pt. The third-order valence-corrected chi connectivity index (χ3v) is 1.13. The molecule has 0 heterocycles. The van der Waals surface area contributed by atoms with Crippen LogP contribution in [0, 0.1) is 5.92 Å². The summed E-state index contributed by atoms with van der Waals surface area (Å²) in [5, 5.41) is 18.2. The fraction of sp³-hybridized carbons (Fsp3) is 0.750. The second kappa shape index (κ2) is 20.6. The minimum Gasteiger partial charge on any atom is -0.549 e. The molecule has 0 atom stereocenters. The van der Waals surface area contributed by atoms with Crippen molar-refractivity contribution in [2.75, 3.05) is 18.3 Å². The topological polar surface area (TPSA) is 106 Å². The van der Waals surface area contributed by atoms with E-state index in [1.807, 2.05) is 0 Å². The maximum absolute atomic E-state index is 9.12. The Morgan fingerprint density at radius 3 is 1.25 bits per heavy atom. The summed E-state index contributed by atoms with van der Waals surface area (Å²) in [6, 6.07) is 0. The molecule has 0 fully saturated rings. The van der Waals surface area contributed by atoms with Crippen molar-refractivity contribution in [1.82, 2.24) is 0 Å². The molecule has 0 rings (SSSR count). The predicted octanol–water partition coefficient (Wildman–Crippen LogP) is -1.45. The van der Waals surface area contributed by atoms with Crippen molar-refractivity contribution in [2.45, 2.75) is 13.8 Å². The van der Waals surface area contributed by atoms with Crippen molar-refractivity contribution in [3.63, 3.8) is 0 Å². The zero-order valence-electron chi connectivity index (χ0n) is 8.98. The van der Waals surface area contributed by atoms with E-state index in [1.54, 1.807) is 0 Å². The van der Waals surface area contributed by atoms with E-state index in [9.17, 15) is 0 Å². The number of nitrogens with two attached hydrogens (primary N) is 1. The van der Waals surface area contributed by atoms with Gasteiger partial charge in [-0.25, -0.2) is 0 Å². The number of hydrogen-bond acceptors (Lipinski definition) is 5. The standard InChI is InChI=1S/C4H11N.2C2H3ClO2.Pt/c1-4(2)3-5;2*3-1-2(4)5;/h4H,3,5H2,1-2H3;2*1H2,(H,4,5);/q;;;+2/p-2. The Balaban J connectivity index is -0.0000000655. The minimum absolute atomic E-state index is 0. The Hall–Kier alpha value is 0.168. The molecule has 8 heteroatoms. The number of carbonyl (C=O) groups excluding carboxylic acids is 2. The normalized spacial score (nSPS) is 7.62. The van der Waals surface area contributed by atoms with Crippen LogP contribution in [-0.4, -0.2) is 30.2 Å². The molecule has 5 nitrogen and oxygen atoms in total. The van der Waals surface area contributed by atoms with Gasteiger partial charge in [0.05, 0.1) is 23.7 Å². The Bertz CT molecular complexity index is 156. The van der Waals surface area contributed by atoms with E-state index >= 15 is 0 Å². The number of halogens is 2. The smallest absolute Gasteiger partial charge is 0.549 e. The number of alkyl halides is 2. The molecule has 0 spiro atoms. The molecule has 0 aromatic carbocycles. The number of hydrogen-bond donors (Lipinski definition) is 1. The molecular weight excluding hydrogens is 440 g/mol. The fourth-order valence-corrected chi connectivity index (χ4v) is 0. The SMILES string of the molecule is CC(C)CN.O=C([O-])CCl.O=C([O-])CCl.[Pt+2]. The van der Waals surface area contributed by atoms with Crippen molar-refractivity contribution in [3.05, 3.63) is 0 Å². The van der Waals surface area contributed by atoms with Gasteiger partial charge in [-0.1, -0.05) is 13.8 Å². The molecule has 0 aliphatic heterocycles. The van der Waals surface area contributed by atoms with Crippen LogP contribution < -0.4 is 15.9 Å². The summed E-state index contributed by atoms with van der Waals surface area (Å²) in [6.07, 6.45) is 0. The van der Waals surface area contributed by atoms with Gasteiger partial charge in [0.15, 0.2) is 0 Å². The molecule has 0 aromatic heterocycles. The molecule has 0 saturated carbocycles. The fourth-order valence-electron chi connectivity index (χ4n) is 0. The monoisotopic (exact) mass is 454 g/mol. The molecule has 0 saturated heterocycles. The van der Waals surface area contributed by atoms with Gasteiger partial charge in [0.1, 0.15) is 0 Å². The molecule has 100 valence electrons. The minimum atomic E-state index is -1.23. The average molecular weight is 455 g/mol. The zero-order chi connectivity index (χ0) is 12.9. The van der Waals surface area contributed by atoms with E-state index in [1.165, 1.54) is 0 Å². The Labute approximate surface area is 120 Å². The van der Waals surface area contributed by atoms with Gasteiger partial charge in [-0.05, 0) is 12.5 Å². The number of aliphatic carboxylic acids is 2. The maximum Gasteiger partial charge on any atom is 2.00 e. The van der Waals surface area contributed by atoms with Crippen molar-refractivity contribution >= 4 is 35.1 Å². The summed E-state index contributed by atoms with van der Waals surface area (Å²) in [4.78, 5) is 18.2. The second-order valence-electron chi connectivity index (χ2n) is 2.64. The van der Waals surface area contributed by atoms with Gasteiger partial charge in [0.2, 0.25) is 0 Å². The van der Waals surface area contributed by atoms with Gasteiger partial charge in [0, 0.05) is 0 Å². The van der Waals surface area contributed by atoms with Crippen molar-refractivity contribution < 1.29 is 40.9 Å². The van der Waals surface area contributed by atoms with E-state index in [0.29, 0.717) is 5.92 Å². The van der Waals surface area contributed by atoms with Crippen LogP contribution in [0.3, 0.4) is 0 Å².